The van der Waals surface area contributed by atoms with Crippen LogP contribution >= 0.6 is 23.2 Å². The quantitative estimate of drug-likeness (QED) is 0.554. The third-order valence-electron chi connectivity index (χ3n) is 3.86. The monoisotopic (exact) mass is 510 g/mol. The number of ether oxygens (including phenoxy) is 1. The van der Waals surface area contributed by atoms with Crippen molar-refractivity contribution in [1.82, 2.24) is 10.0 Å². The van der Waals surface area contributed by atoms with E-state index in [1.165, 1.54) is 42.8 Å². The Kier molecular flexibility index (Phi) is 8.16. The molecule has 0 bridgehead atoms. The normalized spacial score (nSPS) is 12.2. The smallest absolute Gasteiger partial charge is 0.471 e. The summed E-state index contributed by atoms with van der Waals surface area (Å²) in [4.78, 5) is 23.5. The number of benzene rings is 2. The minimum Gasteiger partial charge on any atom is -0.496 e. The van der Waals surface area contributed by atoms with E-state index in [4.69, 9.17) is 27.9 Å². The highest BCUT2D eigenvalue weighted by atomic mass is 35.5. The highest BCUT2D eigenvalue weighted by Gasteiger charge is 2.38. The Bertz CT molecular complexity index is 1150. The molecule has 0 heterocycles. The summed E-state index contributed by atoms with van der Waals surface area (Å²) in [5.41, 5.74) is -0.351. The van der Waals surface area contributed by atoms with Crippen molar-refractivity contribution in [2.45, 2.75) is 11.1 Å². The number of amides is 2. The summed E-state index contributed by atoms with van der Waals surface area (Å²) in [5, 5.41) is 1.99. The van der Waals surface area contributed by atoms with Gasteiger partial charge in [0, 0.05) is 27.7 Å². The summed E-state index contributed by atoms with van der Waals surface area (Å²) in [6.45, 7) is -0.935. The molecule has 0 fully saturated rings. The molecule has 0 spiro atoms. The molecule has 2 N–H and O–H groups in total. The molecule has 0 aromatic heterocycles. The molecule has 0 aliphatic carbocycles. The number of halogens is 5. The van der Waals surface area contributed by atoms with Gasteiger partial charge in [0.2, 0.25) is 0 Å². The Morgan fingerprint density at radius 3 is 2.22 bits per heavy atom. The molecule has 172 valence electrons. The van der Waals surface area contributed by atoms with E-state index in [0.29, 0.717) is 0 Å². The zero-order valence-electron chi connectivity index (χ0n) is 16.2. The van der Waals surface area contributed by atoms with Gasteiger partial charge in [0.05, 0.1) is 12.0 Å². The Morgan fingerprint density at radius 1 is 1.06 bits per heavy atom. The minimum absolute atomic E-state index is 0.162. The summed E-state index contributed by atoms with van der Waals surface area (Å²) in [5.74, 6) is -3.39. The third-order valence-corrected chi connectivity index (χ3v) is 5.69. The lowest BCUT2D eigenvalue weighted by atomic mass is 10.1. The highest BCUT2D eigenvalue weighted by molar-refractivity contribution is 7.90. The van der Waals surface area contributed by atoms with E-state index in [9.17, 15) is 31.2 Å². The standard InChI is InChI=1S/C19H15Cl2F3N2O5S/c1-31-16-7-4-14(21)9-11(16)8-12(10-25-18(28)19(22,23)24)17(27)26-32(29,30)15-5-2-13(20)3-6-15/h2-9H,10H2,1H3,(H,25,28)(H,26,27)/b12-8+. The largest absolute Gasteiger partial charge is 0.496 e. The first-order valence-corrected chi connectivity index (χ1v) is 10.8. The molecular formula is C19H15Cl2F3N2O5S. The minimum atomic E-state index is -5.20. The van der Waals surface area contributed by atoms with E-state index in [2.05, 4.69) is 0 Å². The fourth-order valence-corrected chi connectivity index (χ4v) is 3.63. The lowest BCUT2D eigenvalue weighted by Gasteiger charge is -2.13. The van der Waals surface area contributed by atoms with Crippen LogP contribution < -0.4 is 14.8 Å². The number of nitrogens with one attached hydrogen (secondary N) is 2. The molecule has 0 saturated heterocycles. The van der Waals surface area contributed by atoms with Crippen LogP contribution in [-0.2, 0) is 19.6 Å². The zero-order chi connectivity index (χ0) is 24.1. The summed E-state index contributed by atoms with van der Waals surface area (Å²) in [6, 6.07) is 9.05. The Labute approximate surface area is 191 Å². The van der Waals surface area contributed by atoms with E-state index in [0.717, 1.165) is 18.2 Å². The maximum absolute atomic E-state index is 12.7. The van der Waals surface area contributed by atoms with E-state index in [-0.39, 0.29) is 26.3 Å². The first-order valence-electron chi connectivity index (χ1n) is 8.55. The molecular weight excluding hydrogens is 496 g/mol. The van der Waals surface area contributed by atoms with Gasteiger partial charge >= 0.3 is 12.1 Å². The molecule has 0 saturated carbocycles. The first-order chi connectivity index (χ1) is 14.8. The van der Waals surface area contributed by atoms with E-state index in [1.807, 2.05) is 0 Å². The second kappa shape index (κ2) is 10.2. The van der Waals surface area contributed by atoms with Gasteiger partial charge < -0.3 is 10.1 Å². The zero-order valence-corrected chi connectivity index (χ0v) is 18.5. The number of alkyl halides is 3. The molecule has 0 radical (unpaired) electrons. The lowest BCUT2D eigenvalue weighted by molar-refractivity contribution is -0.173. The molecule has 0 aliphatic heterocycles. The molecule has 0 unspecified atom stereocenters. The summed E-state index contributed by atoms with van der Waals surface area (Å²) in [7, 11) is -3.09. The number of hydrogen-bond acceptors (Lipinski definition) is 5. The SMILES string of the molecule is COc1ccc(Cl)cc1/C=C(\CNC(=O)C(F)(F)F)C(=O)NS(=O)(=O)c1ccc(Cl)cc1. The molecule has 2 rings (SSSR count). The maximum atomic E-state index is 12.7. The number of carbonyl (C=O) groups excluding carboxylic acids is 2. The van der Waals surface area contributed by atoms with Crippen LogP contribution in [0.2, 0.25) is 10.0 Å². The van der Waals surface area contributed by atoms with Crippen LogP contribution in [0.5, 0.6) is 5.75 Å². The van der Waals surface area contributed by atoms with Gasteiger partial charge in [-0.15, -0.1) is 0 Å². The Morgan fingerprint density at radius 2 is 1.66 bits per heavy atom. The fourth-order valence-electron chi connectivity index (χ4n) is 2.34. The van der Waals surface area contributed by atoms with Crippen LogP contribution in [0, 0.1) is 0 Å². The molecule has 32 heavy (non-hydrogen) atoms. The number of sulfonamides is 1. The van der Waals surface area contributed by atoms with Crippen molar-refractivity contribution in [3.63, 3.8) is 0 Å². The first kappa shape index (κ1) is 25.5. The molecule has 0 aliphatic rings. The summed E-state index contributed by atoms with van der Waals surface area (Å²) < 4.78 is 69.4. The van der Waals surface area contributed by atoms with Crippen LogP contribution in [0.15, 0.2) is 52.9 Å². The molecule has 2 amide bonds. The average molecular weight is 511 g/mol. The van der Waals surface area contributed by atoms with Crippen LogP contribution in [0.25, 0.3) is 6.08 Å². The van der Waals surface area contributed by atoms with Gasteiger partial charge in [-0.3, -0.25) is 9.59 Å². The predicted octanol–water partition coefficient (Wildman–Crippen LogP) is 3.57. The number of methoxy groups -OCH3 is 1. The predicted molar refractivity (Wildman–Crippen MR) is 112 cm³/mol. The van der Waals surface area contributed by atoms with Crippen molar-refractivity contribution in [3.05, 3.63) is 63.6 Å². The molecule has 13 heteroatoms. The van der Waals surface area contributed by atoms with Gasteiger partial charge in [-0.2, -0.15) is 13.2 Å². The number of hydrogen-bond donors (Lipinski definition) is 2. The Hall–Kier alpha value is -2.76. The van der Waals surface area contributed by atoms with Gasteiger partial charge in [-0.1, -0.05) is 23.2 Å². The van der Waals surface area contributed by atoms with E-state index >= 15 is 0 Å². The van der Waals surface area contributed by atoms with Crippen molar-refractivity contribution < 1.29 is 35.9 Å². The van der Waals surface area contributed by atoms with E-state index in [1.54, 1.807) is 4.72 Å². The second-order valence-corrected chi connectivity index (χ2v) is 8.68. The van der Waals surface area contributed by atoms with Crippen LogP contribution in [0.4, 0.5) is 13.2 Å². The molecule has 0 atom stereocenters. The molecule has 7 nitrogen and oxygen atoms in total. The molecule has 2 aromatic carbocycles. The lowest BCUT2D eigenvalue weighted by Crippen LogP contribution is -2.41. The van der Waals surface area contributed by atoms with Gasteiger partial charge in [0.25, 0.3) is 15.9 Å². The fraction of sp³-hybridized carbons (Fsp3) is 0.158. The summed E-state index contributed by atoms with van der Waals surface area (Å²) in [6.07, 6.45) is -4.15. The summed E-state index contributed by atoms with van der Waals surface area (Å²) >= 11 is 11.6. The third kappa shape index (κ3) is 6.87. The van der Waals surface area contributed by atoms with Gasteiger partial charge in [-0.25, -0.2) is 13.1 Å². The van der Waals surface area contributed by atoms with Crippen molar-refractivity contribution in [2.24, 2.45) is 0 Å². The van der Waals surface area contributed by atoms with Crippen molar-refractivity contribution >= 4 is 51.1 Å². The van der Waals surface area contributed by atoms with Crippen LogP contribution in [0.1, 0.15) is 5.56 Å². The van der Waals surface area contributed by atoms with Gasteiger partial charge in [0.15, 0.2) is 0 Å². The second-order valence-electron chi connectivity index (χ2n) is 6.12. The molecule has 2 aromatic rings. The van der Waals surface area contributed by atoms with Crippen LogP contribution in [0.3, 0.4) is 0 Å². The van der Waals surface area contributed by atoms with Gasteiger partial charge in [-0.05, 0) is 48.5 Å². The van der Waals surface area contributed by atoms with Crippen molar-refractivity contribution in [2.75, 3.05) is 13.7 Å². The number of rotatable bonds is 7. The van der Waals surface area contributed by atoms with Crippen molar-refractivity contribution in [3.8, 4) is 5.75 Å². The van der Waals surface area contributed by atoms with Gasteiger partial charge in [0.1, 0.15) is 5.75 Å². The van der Waals surface area contributed by atoms with E-state index < -0.39 is 40.1 Å². The highest BCUT2D eigenvalue weighted by Crippen LogP contribution is 2.25. The Balaban J connectivity index is 2.41. The van der Waals surface area contributed by atoms with Crippen molar-refractivity contribution in [1.29, 1.82) is 0 Å². The average Bonchev–Trinajstić information content (AvgIpc) is 2.70. The topological polar surface area (TPSA) is 102 Å². The maximum Gasteiger partial charge on any atom is 0.471 e. The number of carbonyl (C=O) groups is 2. The van der Waals surface area contributed by atoms with Crippen LogP contribution in [-0.4, -0.2) is 40.1 Å².